The van der Waals surface area contributed by atoms with Crippen molar-refractivity contribution in [2.24, 2.45) is 5.92 Å². The van der Waals surface area contributed by atoms with Crippen LogP contribution in [0, 0.1) is 12.8 Å². The van der Waals surface area contributed by atoms with Crippen LogP contribution in [0.2, 0.25) is 0 Å². The highest BCUT2D eigenvalue weighted by Gasteiger charge is 2.40. The number of piperidine rings is 1. The predicted octanol–water partition coefficient (Wildman–Crippen LogP) is 3.40. The maximum atomic E-state index is 6.26. The number of furan rings is 1. The summed E-state index contributed by atoms with van der Waals surface area (Å²) in [4.78, 5) is 6.86. The van der Waals surface area contributed by atoms with Gasteiger partial charge in [-0.15, -0.1) is 11.3 Å². The number of thiazole rings is 1. The first-order valence-corrected chi connectivity index (χ1v) is 8.48. The molecule has 2 aliphatic rings. The van der Waals surface area contributed by atoms with Crippen LogP contribution in [-0.4, -0.2) is 29.1 Å². The Labute approximate surface area is 128 Å². The lowest BCUT2D eigenvalue weighted by Crippen LogP contribution is -2.41. The molecule has 5 heteroatoms. The Balaban J connectivity index is 1.39. The van der Waals surface area contributed by atoms with E-state index in [4.69, 9.17) is 9.15 Å². The van der Waals surface area contributed by atoms with Gasteiger partial charge in [-0.25, -0.2) is 4.98 Å². The van der Waals surface area contributed by atoms with Crippen molar-refractivity contribution in [3.8, 4) is 0 Å². The van der Waals surface area contributed by atoms with E-state index in [2.05, 4.69) is 16.0 Å². The molecular formula is C16H20N2O2S. The monoisotopic (exact) mass is 304 g/mol. The van der Waals surface area contributed by atoms with Gasteiger partial charge in [0.05, 0.1) is 12.6 Å². The maximum absolute atomic E-state index is 6.26. The molecule has 0 spiro atoms. The van der Waals surface area contributed by atoms with E-state index in [1.165, 1.54) is 6.42 Å². The molecule has 4 nitrogen and oxygen atoms in total. The molecule has 2 aliphatic heterocycles. The van der Waals surface area contributed by atoms with Crippen molar-refractivity contribution >= 4 is 11.3 Å². The van der Waals surface area contributed by atoms with Crippen molar-refractivity contribution in [2.75, 3.05) is 13.1 Å². The van der Waals surface area contributed by atoms with Crippen molar-refractivity contribution in [1.29, 1.82) is 0 Å². The van der Waals surface area contributed by atoms with Gasteiger partial charge >= 0.3 is 0 Å². The third-order valence-electron chi connectivity index (χ3n) is 4.54. The second-order valence-electron chi connectivity index (χ2n) is 6.07. The highest BCUT2D eigenvalue weighted by Crippen LogP contribution is 2.41. The topological polar surface area (TPSA) is 38.5 Å². The number of rotatable bonds is 3. The van der Waals surface area contributed by atoms with Crippen LogP contribution in [0.1, 0.15) is 35.5 Å². The van der Waals surface area contributed by atoms with Gasteiger partial charge < -0.3 is 9.15 Å². The molecule has 0 N–H and O–H groups in total. The fourth-order valence-corrected chi connectivity index (χ4v) is 4.17. The molecule has 0 bridgehead atoms. The molecule has 0 radical (unpaired) electrons. The zero-order valence-corrected chi connectivity index (χ0v) is 13.0. The zero-order chi connectivity index (χ0) is 14.2. The molecule has 2 fully saturated rings. The largest absolute Gasteiger partial charge is 0.465 e. The Hall–Kier alpha value is -1.17. The summed E-state index contributed by atoms with van der Waals surface area (Å²) in [5.74, 6) is 2.73. The lowest BCUT2D eigenvalue weighted by Gasteiger charge is -2.33. The lowest BCUT2D eigenvalue weighted by molar-refractivity contribution is -0.0108. The number of fused-ring (bicyclic) bond motifs is 1. The number of nitrogens with zero attached hydrogens (tertiary/aromatic N) is 2. The SMILES string of the molecule is Cc1ccc(CN2CC[C@@H]3C[C@@H](c4nccs4)O[C@H]3C2)o1. The molecule has 21 heavy (non-hydrogen) atoms. The minimum atomic E-state index is 0.214. The average molecular weight is 304 g/mol. The number of likely N-dealkylation sites (tertiary alicyclic amines) is 1. The molecule has 0 unspecified atom stereocenters. The van der Waals surface area contributed by atoms with E-state index in [1.807, 2.05) is 24.6 Å². The Kier molecular flexibility index (Phi) is 3.57. The Morgan fingerprint density at radius 1 is 1.43 bits per heavy atom. The summed E-state index contributed by atoms with van der Waals surface area (Å²) < 4.78 is 11.9. The summed E-state index contributed by atoms with van der Waals surface area (Å²) in [6.45, 7) is 5.03. The van der Waals surface area contributed by atoms with Crippen molar-refractivity contribution in [3.05, 3.63) is 40.2 Å². The van der Waals surface area contributed by atoms with Gasteiger partial charge in [0.2, 0.25) is 0 Å². The van der Waals surface area contributed by atoms with Gasteiger partial charge in [-0.05, 0) is 44.4 Å². The van der Waals surface area contributed by atoms with Gasteiger partial charge in [-0.3, -0.25) is 4.90 Å². The van der Waals surface area contributed by atoms with Crippen LogP contribution in [-0.2, 0) is 11.3 Å². The first-order valence-electron chi connectivity index (χ1n) is 7.60. The highest BCUT2D eigenvalue weighted by atomic mass is 32.1. The molecule has 0 saturated carbocycles. The van der Waals surface area contributed by atoms with Gasteiger partial charge in [0.15, 0.2) is 0 Å². The fraction of sp³-hybridized carbons (Fsp3) is 0.562. The highest BCUT2D eigenvalue weighted by molar-refractivity contribution is 7.09. The van der Waals surface area contributed by atoms with Crippen molar-refractivity contribution in [3.63, 3.8) is 0 Å². The molecule has 2 aromatic heterocycles. The van der Waals surface area contributed by atoms with Gasteiger partial charge in [0.25, 0.3) is 0 Å². The van der Waals surface area contributed by atoms with Crippen molar-refractivity contribution < 1.29 is 9.15 Å². The lowest BCUT2D eigenvalue weighted by atomic mass is 9.92. The minimum Gasteiger partial charge on any atom is -0.465 e. The van der Waals surface area contributed by atoms with E-state index in [0.29, 0.717) is 12.0 Å². The summed E-state index contributed by atoms with van der Waals surface area (Å²) in [6.07, 6.45) is 4.78. The van der Waals surface area contributed by atoms with Crippen molar-refractivity contribution in [2.45, 2.75) is 38.5 Å². The molecule has 4 rings (SSSR count). The van der Waals surface area contributed by atoms with Gasteiger partial charge in [-0.1, -0.05) is 0 Å². The molecular weight excluding hydrogens is 284 g/mol. The average Bonchev–Trinajstić information content (AvgIpc) is 3.18. The smallest absolute Gasteiger partial charge is 0.121 e. The summed E-state index contributed by atoms with van der Waals surface area (Å²) in [5.41, 5.74) is 0. The molecule has 3 atom stereocenters. The molecule has 0 aliphatic carbocycles. The third-order valence-corrected chi connectivity index (χ3v) is 5.41. The Morgan fingerprint density at radius 2 is 2.38 bits per heavy atom. The third kappa shape index (κ3) is 2.78. The van der Waals surface area contributed by atoms with Crippen molar-refractivity contribution in [1.82, 2.24) is 9.88 Å². The molecule has 0 aromatic carbocycles. The van der Waals surface area contributed by atoms with Crippen LogP contribution < -0.4 is 0 Å². The van der Waals surface area contributed by atoms with E-state index in [9.17, 15) is 0 Å². The van der Waals surface area contributed by atoms with Crippen LogP contribution >= 0.6 is 11.3 Å². The van der Waals surface area contributed by atoms with E-state index in [1.54, 1.807) is 11.3 Å². The van der Waals surface area contributed by atoms with Crippen LogP contribution in [0.25, 0.3) is 0 Å². The molecule has 2 saturated heterocycles. The van der Waals surface area contributed by atoms with Gasteiger partial charge in [0, 0.05) is 18.1 Å². The number of hydrogen-bond donors (Lipinski definition) is 0. The van der Waals surface area contributed by atoms with Gasteiger partial charge in [0.1, 0.15) is 22.6 Å². The summed E-state index contributed by atoms with van der Waals surface area (Å²) in [7, 11) is 0. The Morgan fingerprint density at radius 3 is 3.14 bits per heavy atom. The molecule has 0 amide bonds. The number of ether oxygens (including phenoxy) is 1. The Bertz CT molecular complexity index is 595. The van der Waals surface area contributed by atoms with Crippen LogP contribution in [0.5, 0.6) is 0 Å². The second-order valence-corrected chi connectivity index (χ2v) is 6.99. The maximum Gasteiger partial charge on any atom is 0.121 e. The van der Waals surface area contributed by atoms with E-state index in [0.717, 1.165) is 42.6 Å². The zero-order valence-electron chi connectivity index (χ0n) is 12.2. The summed E-state index contributed by atoms with van der Waals surface area (Å²) in [6, 6.07) is 4.11. The van der Waals surface area contributed by atoms with Crippen LogP contribution in [0.3, 0.4) is 0 Å². The van der Waals surface area contributed by atoms with Crippen LogP contribution in [0.4, 0.5) is 0 Å². The minimum absolute atomic E-state index is 0.214. The molecule has 2 aromatic rings. The number of aromatic nitrogens is 1. The normalized spacial score (nSPS) is 29.7. The predicted molar refractivity (Wildman–Crippen MR) is 81.2 cm³/mol. The molecule has 4 heterocycles. The number of aryl methyl sites for hydroxylation is 1. The standard InChI is InChI=1S/C16H20N2O2S/c1-11-2-3-13(19-11)9-18-6-4-12-8-14(20-15(12)10-18)16-17-5-7-21-16/h2-3,5,7,12,14-15H,4,6,8-10H2,1H3/t12-,14+,15+/m1/s1. The summed E-state index contributed by atoms with van der Waals surface area (Å²) >= 11 is 1.71. The van der Waals surface area contributed by atoms with E-state index >= 15 is 0 Å². The molecule has 112 valence electrons. The van der Waals surface area contributed by atoms with E-state index in [-0.39, 0.29) is 6.10 Å². The van der Waals surface area contributed by atoms with Crippen LogP contribution in [0.15, 0.2) is 28.1 Å². The van der Waals surface area contributed by atoms with E-state index < -0.39 is 0 Å². The number of hydrogen-bond acceptors (Lipinski definition) is 5. The van der Waals surface area contributed by atoms with Gasteiger partial charge in [-0.2, -0.15) is 0 Å². The second kappa shape index (κ2) is 5.55. The quantitative estimate of drug-likeness (QED) is 0.871. The fourth-order valence-electron chi connectivity index (χ4n) is 3.48. The first kappa shape index (κ1) is 13.5. The summed E-state index contributed by atoms with van der Waals surface area (Å²) in [5, 5.41) is 3.17. The first-order chi connectivity index (χ1) is 10.3.